The van der Waals surface area contributed by atoms with Gasteiger partial charge in [0.1, 0.15) is 0 Å². The maximum Gasteiger partial charge on any atom is 0.434 e. The molecule has 0 aliphatic heterocycles. The van der Waals surface area contributed by atoms with Gasteiger partial charge >= 0.3 is 6.18 Å². The van der Waals surface area contributed by atoms with Crippen molar-refractivity contribution >= 4 is 21.7 Å². The Balaban J connectivity index is 2.54. The zero-order chi connectivity index (χ0) is 13.6. The van der Waals surface area contributed by atoms with E-state index in [1.165, 1.54) is 12.4 Å². The van der Waals surface area contributed by atoms with E-state index in [0.717, 1.165) is 5.56 Å². The third-order valence-electron chi connectivity index (χ3n) is 3.02. The number of hydrogen-bond donors (Lipinski definition) is 0. The molecule has 0 atom stereocenters. The maximum absolute atomic E-state index is 13.0. The molecule has 0 radical (unpaired) electrons. The fourth-order valence-corrected chi connectivity index (χ4v) is 2.18. The first-order chi connectivity index (χ1) is 8.97. The predicted octanol–water partition coefficient (Wildman–Crippen LogP) is 4.11. The van der Waals surface area contributed by atoms with Gasteiger partial charge < -0.3 is 0 Å². The van der Waals surface area contributed by atoms with Gasteiger partial charge in [-0.2, -0.15) is 13.2 Å². The summed E-state index contributed by atoms with van der Waals surface area (Å²) < 4.78 is 39.1. The minimum Gasteiger partial charge on any atom is -0.264 e. The van der Waals surface area contributed by atoms with Gasteiger partial charge in [-0.05, 0) is 30.5 Å². The highest BCUT2D eigenvalue weighted by molar-refractivity contribution is 6.06. The van der Waals surface area contributed by atoms with Crippen LogP contribution in [-0.4, -0.2) is 9.97 Å². The van der Waals surface area contributed by atoms with E-state index < -0.39 is 11.9 Å². The van der Waals surface area contributed by atoms with Crippen LogP contribution in [0.4, 0.5) is 13.2 Å². The highest BCUT2D eigenvalue weighted by Gasteiger charge is 2.35. The van der Waals surface area contributed by atoms with Gasteiger partial charge in [-0.1, -0.05) is 11.6 Å². The molecule has 0 saturated carbocycles. The Morgan fingerprint density at radius 2 is 1.79 bits per heavy atom. The van der Waals surface area contributed by atoms with Crippen molar-refractivity contribution in [2.24, 2.45) is 0 Å². The van der Waals surface area contributed by atoms with Crippen molar-refractivity contribution in [2.45, 2.75) is 13.1 Å². The lowest BCUT2D eigenvalue weighted by Gasteiger charge is -2.11. The SMILES string of the molecule is Cc1ccc2nc(C(F)(F)F)c3cnccc3c2c1. The Morgan fingerprint density at radius 1 is 1.00 bits per heavy atom. The van der Waals surface area contributed by atoms with E-state index in [-0.39, 0.29) is 5.39 Å². The Labute approximate surface area is 106 Å². The highest BCUT2D eigenvalue weighted by Crippen LogP contribution is 2.36. The third-order valence-corrected chi connectivity index (χ3v) is 3.02. The minimum absolute atomic E-state index is 0.0353. The van der Waals surface area contributed by atoms with Crippen molar-refractivity contribution in [3.63, 3.8) is 0 Å². The summed E-state index contributed by atoms with van der Waals surface area (Å²) in [4.78, 5) is 7.53. The van der Waals surface area contributed by atoms with Crippen LogP contribution in [0.25, 0.3) is 21.7 Å². The summed E-state index contributed by atoms with van der Waals surface area (Å²) in [5.74, 6) is 0. The summed E-state index contributed by atoms with van der Waals surface area (Å²) in [6.45, 7) is 1.89. The van der Waals surface area contributed by atoms with Gasteiger partial charge in [0.2, 0.25) is 0 Å². The molecule has 0 aliphatic rings. The molecule has 5 heteroatoms. The van der Waals surface area contributed by atoms with Crippen molar-refractivity contribution in [3.05, 3.63) is 47.9 Å². The minimum atomic E-state index is -4.49. The number of rotatable bonds is 0. The molecule has 0 N–H and O–H groups in total. The molecule has 0 unspecified atom stereocenters. The number of pyridine rings is 2. The Bertz CT molecular complexity index is 779. The van der Waals surface area contributed by atoms with E-state index in [4.69, 9.17) is 0 Å². The number of fused-ring (bicyclic) bond motifs is 3. The first-order valence-electron chi connectivity index (χ1n) is 5.68. The van der Waals surface area contributed by atoms with Crippen LogP contribution in [0.15, 0.2) is 36.7 Å². The van der Waals surface area contributed by atoms with Crippen LogP contribution >= 0.6 is 0 Å². The fraction of sp³-hybridized carbons (Fsp3) is 0.143. The summed E-state index contributed by atoms with van der Waals surface area (Å²) in [6, 6.07) is 6.79. The second-order valence-corrected chi connectivity index (χ2v) is 4.40. The van der Waals surface area contributed by atoms with E-state index >= 15 is 0 Å². The summed E-state index contributed by atoms with van der Waals surface area (Å²) in [7, 11) is 0. The molecule has 0 saturated heterocycles. The molecule has 0 bridgehead atoms. The highest BCUT2D eigenvalue weighted by atomic mass is 19.4. The third kappa shape index (κ3) is 1.91. The quantitative estimate of drug-likeness (QED) is 0.570. The summed E-state index contributed by atoms with van der Waals surface area (Å²) in [5, 5.41) is 1.27. The van der Waals surface area contributed by atoms with Crippen molar-refractivity contribution in [3.8, 4) is 0 Å². The van der Waals surface area contributed by atoms with Gasteiger partial charge in [0, 0.05) is 23.2 Å². The molecule has 0 aliphatic carbocycles. The number of hydrogen-bond acceptors (Lipinski definition) is 2. The number of alkyl halides is 3. The molecule has 3 aromatic rings. The van der Waals surface area contributed by atoms with E-state index in [1.54, 1.807) is 18.2 Å². The normalized spacial score (nSPS) is 12.2. The van der Waals surface area contributed by atoms with Crippen molar-refractivity contribution in [1.82, 2.24) is 9.97 Å². The molecular weight excluding hydrogens is 253 g/mol. The van der Waals surface area contributed by atoms with Crippen LogP contribution in [0, 0.1) is 6.92 Å². The van der Waals surface area contributed by atoms with Gasteiger partial charge in [0.15, 0.2) is 5.69 Å². The molecule has 3 rings (SSSR count). The first kappa shape index (κ1) is 11.9. The van der Waals surface area contributed by atoms with Gasteiger partial charge in [-0.15, -0.1) is 0 Å². The number of aromatic nitrogens is 2. The second-order valence-electron chi connectivity index (χ2n) is 4.40. The molecule has 2 aromatic heterocycles. The van der Waals surface area contributed by atoms with Crippen LogP contribution in [0.3, 0.4) is 0 Å². The Morgan fingerprint density at radius 3 is 2.53 bits per heavy atom. The lowest BCUT2D eigenvalue weighted by Crippen LogP contribution is -2.09. The number of aryl methyl sites for hydroxylation is 1. The lowest BCUT2D eigenvalue weighted by molar-refractivity contribution is -0.139. The Hall–Kier alpha value is -2.17. The van der Waals surface area contributed by atoms with E-state index in [0.29, 0.717) is 16.3 Å². The average Bonchev–Trinajstić information content (AvgIpc) is 2.37. The number of benzene rings is 1. The van der Waals surface area contributed by atoms with Crippen molar-refractivity contribution in [2.75, 3.05) is 0 Å². The molecule has 1 aromatic carbocycles. The molecule has 0 amide bonds. The summed E-state index contributed by atoms with van der Waals surface area (Å²) in [6.07, 6.45) is -1.78. The van der Waals surface area contributed by atoms with E-state index in [9.17, 15) is 13.2 Å². The maximum atomic E-state index is 13.0. The van der Waals surface area contributed by atoms with Crippen molar-refractivity contribution < 1.29 is 13.2 Å². The molecule has 96 valence electrons. The molecule has 2 heterocycles. The van der Waals surface area contributed by atoms with Crippen LogP contribution in [0.2, 0.25) is 0 Å². The smallest absolute Gasteiger partial charge is 0.264 e. The number of nitrogens with zero attached hydrogens (tertiary/aromatic N) is 2. The first-order valence-corrected chi connectivity index (χ1v) is 5.68. The molecular formula is C14H9F3N2. The van der Waals surface area contributed by atoms with Gasteiger partial charge in [0.25, 0.3) is 0 Å². The molecule has 0 spiro atoms. The largest absolute Gasteiger partial charge is 0.434 e. The predicted molar refractivity (Wildman–Crippen MR) is 66.8 cm³/mol. The average molecular weight is 262 g/mol. The van der Waals surface area contributed by atoms with E-state index in [1.807, 2.05) is 13.0 Å². The zero-order valence-corrected chi connectivity index (χ0v) is 9.99. The molecule has 0 fully saturated rings. The molecule has 19 heavy (non-hydrogen) atoms. The summed E-state index contributed by atoms with van der Waals surface area (Å²) in [5.41, 5.74) is 0.441. The zero-order valence-electron chi connectivity index (χ0n) is 9.99. The van der Waals surface area contributed by atoms with Crippen LogP contribution in [-0.2, 0) is 6.18 Å². The van der Waals surface area contributed by atoms with Gasteiger partial charge in [0.05, 0.1) is 5.52 Å². The topological polar surface area (TPSA) is 25.8 Å². The lowest BCUT2D eigenvalue weighted by atomic mass is 10.0. The van der Waals surface area contributed by atoms with E-state index in [2.05, 4.69) is 9.97 Å². The Kier molecular flexibility index (Phi) is 2.45. The second kappa shape index (κ2) is 3.91. The number of halogens is 3. The van der Waals surface area contributed by atoms with Gasteiger partial charge in [-0.3, -0.25) is 4.98 Å². The van der Waals surface area contributed by atoms with Gasteiger partial charge in [-0.25, -0.2) is 4.98 Å². The van der Waals surface area contributed by atoms with Crippen LogP contribution in [0.1, 0.15) is 11.3 Å². The van der Waals surface area contributed by atoms with Crippen LogP contribution in [0.5, 0.6) is 0 Å². The summed E-state index contributed by atoms with van der Waals surface area (Å²) >= 11 is 0. The molecule has 2 nitrogen and oxygen atoms in total. The van der Waals surface area contributed by atoms with Crippen LogP contribution < -0.4 is 0 Å². The fourth-order valence-electron chi connectivity index (χ4n) is 2.18. The van der Waals surface area contributed by atoms with Crippen molar-refractivity contribution in [1.29, 1.82) is 0 Å². The monoisotopic (exact) mass is 262 g/mol. The standard InChI is InChI=1S/C14H9F3N2/c1-8-2-3-12-10(6-8)9-4-5-18-7-11(9)13(19-12)14(15,16)17/h2-7H,1H3.